The highest BCUT2D eigenvalue weighted by Crippen LogP contribution is 2.43. The quantitative estimate of drug-likeness (QED) is 0.0696. The van der Waals surface area contributed by atoms with Gasteiger partial charge in [-0.15, -0.1) is 13.2 Å². The predicted octanol–water partition coefficient (Wildman–Crippen LogP) is 24.8. The van der Waals surface area contributed by atoms with Gasteiger partial charge >= 0.3 is 12.5 Å². The summed E-state index contributed by atoms with van der Waals surface area (Å²) in [6, 6.07) is 45.6. The first-order chi connectivity index (χ1) is 57.8. The number of H-pyrrole nitrogens is 6. The van der Waals surface area contributed by atoms with Crippen molar-refractivity contribution in [3.8, 4) is 23.0 Å². The van der Waals surface area contributed by atoms with E-state index in [1.165, 1.54) is 152 Å². The smallest absolute Gasteiger partial charge is 0.410 e. The lowest BCUT2D eigenvalue weighted by atomic mass is 9.91. The summed E-state index contributed by atoms with van der Waals surface area (Å²) in [6.07, 6.45) is 24.3. The van der Waals surface area contributed by atoms with Crippen molar-refractivity contribution in [1.29, 1.82) is 0 Å². The molecule has 8 aromatic heterocycles. The highest BCUT2D eigenvalue weighted by atomic mass is 79.9. The van der Waals surface area contributed by atoms with Crippen LogP contribution in [0.1, 0.15) is 196 Å². The summed E-state index contributed by atoms with van der Waals surface area (Å²) in [5, 5.41) is 21.0. The van der Waals surface area contributed by atoms with Crippen LogP contribution in [0.5, 0.6) is 11.5 Å². The molecule has 3 atom stereocenters. The fourth-order valence-electron chi connectivity index (χ4n) is 18.3. The number of aryl methyl sites for hydroxylation is 8. The summed E-state index contributed by atoms with van der Waals surface area (Å²) < 4.78 is 55.8. The van der Waals surface area contributed by atoms with Gasteiger partial charge in [-0.2, -0.15) is 0 Å². The number of allylic oxidation sites excluding steroid dienone is 1. The monoisotopic (exact) mass is 1850 g/mol. The fraction of sp³-hybridized carbons (Fsp3) is 0.298. The van der Waals surface area contributed by atoms with Gasteiger partial charge < -0.3 is 59.9 Å². The van der Waals surface area contributed by atoms with Crippen molar-refractivity contribution in [1.82, 2.24) is 61.0 Å². The second kappa shape index (κ2) is 35.6. The van der Waals surface area contributed by atoms with Crippen LogP contribution in [0.4, 0.5) is 18.0 Å². The molecule has 2 amide bonds. The lowest BCUT2D eigenvalue weighted by Gasteiger charge is -2.25. The van der Waals surface area contributed by atoms with Crippen LogP contribution in [-0.4, -0.2) is 75.7 Å². The van der Waals surface area contributed by atoms with Gasteiger partial charge in [0.1, 0.15) is 17.2 Å². The van der Waals surface area contributed by atoms with Crippen LogP contribution in [0.3, 0.4) is 0 Å². The fourth-order valence-corrected chi connectivity index (χ4v) is 19.8. The first-order valence-corrected chi connectivity index (χ1v) is 44.1. The Morgan fingerprint density at radius 2 is 0.992 bits per heavy atom. The number of hydrogen-bond acceptors (Lipinski definition) is 10. The third kappa shape index (κ3) is 18.1. The van der Waals surface area contributed by atoms with Crippen LogP contribution in [0.25, 0.3) is 82.4 Å². The van der Waals surface area contributed by atoms with Crippen molar-refractivity contribution < 1.29 is 41.6 Å². The van der Waals surface area contributed by atoms with E-state index < -0.39 is 12.5 Å². The number of carbonyl (C=O) groups excluding carboxylic acids is 3. The van der Waals surface area contributed by atoms with E-state index in [9.17, 15) is 27.6 Å². The second-order valence-electron chi connectivity index (χ2n) is 31.8. The Morgan fingerprint density at radius 1 is 0.496 bits per heavy atom. The highest BCUT2D eigenvalue weighted by molar-refractivity contribution is 9.11. The molecule has 1 fully saturated rings. The molecule has 25 heteroatoms. The number of nitrogens with one attached hydrogen (secondary N) is 9. The second-order valence-corrected chi connectivity index (χ2v) is 35.4. The number of nitrogens with zero attached hydrogens (tertiary/aromatic N) is 3. The lowest BCUT2D eigenvalue weighted by Crippen LogP contribution is -2.33. The zero-order valence-electron chi connectivity index (χ0n) is 65.6. The van der Waals surface area contributed by atoms with E-state index in [-0.39, 0.29) is 29.5 Å². The summed E-state index contributed by atoms with van der Waals surface area (Å²) in [4.78, 5) is 64.8. The molecule has 0 bridgehead atoms. The van der Waals surface area contributed by atoms with E-state index in [1.807, 2.05) is 42.6 Å². The van der Waals surface area contributed by atoms with Gasteiger partial charge in [0.2, 0.25) is 0 Å². The molecule has 119 heavy (non-hydrogen) atoms. The molecule has 8 heterocycles. The minimum absolute atomic E-state index is 0.0144. The Balaban J connectivity index is 0.000000103. The van der Waals surface area contributed by atoms with E-state index in [4.69, 9.17) is 9.26 Å². The van der Waals surface area contributed by atoms with Gasteiger partial charge in [0, 0.05) is 137 Å². The molecule has 610 valence electrons. The Hall–Kier alpha value is -10.3. The molecule has 0 saturated heterocycles. The molecule has 0 radical (unpaired) electrons. The zero-order chi connectivity index (χ0) is 82.0. The maximum absolute atomic E-state index is 12.4. The maximum atomic E-state index is 12.4. The number of aromatic amines is 6. The van der Waals surface area contributed by atoms with Gasteiger partial charge in [-0.05, 0) is 289 Å². The van der Waals surface area contributed by atoms with Gasteiger partial charge in [0.15, 0.2) is 11.5 Å². The maximum Gasteiger partial charge on any atom is 0.573 e. The molecule has 15 aromatic rings. The molecule has 7 aliphatic rings. The summed E-state index contributed by atoms with van der Waals surface area (Å²) in [6.45, 7) is 7.27. The van der Waals surface area contributed by atoms with Crippen molar-refractivity contribution in [2.45, 2.75) is 166 Å². The molecular weight excluding hydrogens is 1770 g/mol. The minimum Gasteiger partial charge on any atom is -0.410 e. The number of ketones is 1. The molecule has 7 aromatic carbocycles. The molecule has 0 aliphatic heterocycles. The molecule has 22 rings (SSSR count). The van der Waals surface area contributed by atoms with E-state index in [1.54, 1.807) is 30.0 Å². The van der Waals surface area contributed by atoms with Crippen molar-refractivity contribution >= 4 is 152 Å². The van der Waals surface area contributed by atoms with Crippen molar-refractivity contribution in [3.63, 3.8) is 0 Å². The van der Waals surface area contributed by atoms with Crippen molar-refractivity contribution in [2.24, 2.45) is 5.92 Å². The molecule has 3 unspecified atom stereocenters. The molecule has 1 saturated carbocycles. The predicted molar refractivity (Wildman–Crippen MR) is 476 cm³/mol. The number of fused-ring (bicyclic) bond motifs is 20. The summed E-state index contributed by atoms with van der Waals surface area (Å²) in [5.74, 6) is 2.26. The first kappa shape index (κ1) is 81.1. The number of ether oxygens (including phenoxy) is 2. The molecule has 9 N–H and O–H groups in total. The zero-order valence-corrected chi connectivity index (χ0v) is 71.9. The van der Waals surface area contributed by atoms with E-state index in [0.717, 1.165) is 181 Å². The number of carbonyl (C=O) groups is 3. The average molecular weight is 1860 g/mol. The van der Waals surface area contributed by atoms with Crippen LogP contribution in [0, 0.1) is 12.8 Å². The standard InChI is InChI=1S/C19H17BrN2O2.C18H23BrN2.C17H15BrN4O.C14H12F3NO.C13H9BrN2O.C13H13NO/c20-12-9-10-16-15(11-12)14-7-4-8-17(18(14)21-16)22-19(23)24-13-5-2-1-3-6-13;19-13-8-9-16-15(10-13)14-6-3-7-17(18(14)21-16)20-11-12-4-1-2-5-12;18-10-4-5-13-12(8-10)11-2-1-3-14(16(11)21-13)22-17(23)15-9-19-6-7-20-15;1-8-3-2-4-10-11-7-9(19-14(15,16)17)5-6-12(11)18-13(8)10;14-8-2-4-11-10(5-8)9-3-1-7-6-15-17-13(7)12(9)16-11;1-8-5-6-11-10(7-8)9-3-2-4-12(15)13(9)14-11/h1-3,5-6,9-11,17,21H,4,7-8H2,(H,22,23);8-10,12,17,20-21H,1-7,11H2;4-9,14,21H,1-3H2,(H,22,23);5-7,18H,1-4H2;2,4-6,16H,1,3H2;5-7,14H,2-4H2,1H3. The van der Waals surface area contributed by atoms with Crippen LogP contribution < -0.4 is 25.4 Å². The molecule has 7 aliphatic carbocycles. The summed E-state index contributed by atoms with van der Waals surface area (Å²) >= 11 is 14.2. The number of rotatable bonds is 8. The van der Waals surface area contributed by atoms with E-state index in [2.05, 4.69) is 216 Å². The van der Waals surface area contributed by atoms with Crippen molar-refractivity contribution in [2.75, 3.05) is 6.54 Å². The largest absolute Gasteiger partial charge is 0.573 e. The van der Waals surface area contributed by atoms with Gasteiger partial charge in [-0.25, -0.2) is 9.78 Å². The number of amides is 2. The first-order valence-electron chi connectivity index (χ1n) is 41.0. The van der Waals surface area contributed by atoms with Crippen LogP contribution >= 0.6 is 63.7 Å². The normalized spacial score (nSPS) is 17.1. The average Bonchev–Trinajstić information content (AvgIpc) is 1.62. The Bertz CT molecular complexity index is 6290. The van der Waals surface area contributed by atoms with Crippen LogP contribution in [-0.2, 0) is 44.9 Å². The van der Waals surface area contributed by atoms with Gasteiger partial charge in [-0.1, -0.05) is 118 Å². The molecule has 18 nitrogen and oxygen atoms in total. The van der Waals surface area contributed by atoms with Gasteiger partial charge in [-0.3, -0.25) is 14.6 Å². The highest BCUT2D eigenvalue weighted by Gasteiger charge is 2.34. The number of alkyl halides is 3. The summed E-state index contributed by atoms with van der Waals surface area (Å²) in [7, 11) is 0. The number of aromatic nitrogens is 9. The number of para-hydroxylation sites is 1. The van der Waals surface area contributed by atoms with Gasteiger partial charge in [0.05, 0.1) is 35.9 Å². The van der Waals surface area contributed by atoms with Gasteiger partial charge in [0.25, 0.3) is 5.91 Å². The Kier molecular flexibility index (Phi) is 24.2. The molecule has 0 spiro atoms. The number of benzene rings is 7. The SMILES string of the molecule is Brc1ccc2[nH]c3c(c2c1)CCCC3NCC1CCCC1.Brc1ccc2[nH]c3c(c2c1)CCc1cnoc1-3.C=C1CCCc2c1[nH]c1ccc(OC(F)(F)F)cc21.Cc1ccc2[nH]c3c(c2c1)CCCC3=O.O=C(NC1CCCc2c1[nH]c1ccc(Br)cc21)Oc1ccccc1.O=C(NC1CCCc2c1[nH]c1ccc(Br)cc21)c1cnccn1. The molecular formula is C94H89Br4F3N12O6. The third-order valence-corrected chi connectivity index (χ3v) is 25.9. The van der Waals surface area contributed by atoms with Crippen LogP contribution in [0.2, 0.25) is 0 Å². The van der Waals surface area contributed by atoms with Crippen molar-refractivity contribution in [3.05, 3.63) is 267 Å². The number of hydrogen-bond donors (Lipinski definition) is 9. The number of Topliss-reactive ketones (excluding diaryl/α,β-unsaturated/α-hetero) is 1. The minimum atomic E-state index is -4.66. The Morgan fingerprint density at radius 3 is 1.59 bits per heavy atom. The topological polar surface area (TPSA) is 252 Å². The van der Waals surface area contributed by atoms with E-state index >= 15 is 0 Å². The Labute approximate surface area is 718 Å². The third-order valence-electron chi connectivity index (χ3n) is 23.9. The number of halogens is 7. The summed E-state index contributed by atoms with van der Waals surface area (Å²) in [5.41, 5.74) is 24.7. The lowest BCUT2D eigenvalue weighted by molar-refractivity contribution is -0.274. The van der Waals surface area contributed by atoms with Crippen LogP contribution in [0.15, 0.2) is 193 Å². The van der Waals surface area contributed by atoms with E-state index in [0.29, 0.717) is 23.9 Å².